The molecule has 1 aromatic heterocycles. The van der Waals surface area contributed by atoms with Crippen LogP contribution in [0, 0.1) is 0 Å². The Kier molecular flexibility index (Phi) is 6.32. The molecule has 2 rings (SSSR count). The first kappa shape index (κ1) is 18.1. The van der Waals surface area contributed by atoms with Gasteiger partial charge in [-0.15, -0.1) is 21.5 Å². The van der Waals surface area contributed by atoms with Gasteiger partial charge in [0.05, 0.1) is 5.57 Å². The molecule has 0 N–H and O–H groups in total. The van der Waals surface area contributed by atoms with Gasteiger partial charge < -0.3 is 9.80 Å². The summed E-state index contributed by atoms with van der Waals surface area (Å²) in [5.41, 5.74) is 1.50. The molecule has 8 heteroatoms. The van der Waals surface area contributed by atoms with Crippen molar-refractivity contribution < 1.29 is 13.2 Å². The Morgan fingerprint density at radius 2 is 2.00 bits per heavy atom. The van der Waals surface area contributed by atoms with Crippen molar-refractivity contribution in [2.24, 2.45) is 0 Å². The SMILES string of the molecule is C/C=C(\C=C(/CCN1CCN(C)CC1)c1nncs1)C(F)(F)F. The second-order valence-corrected chi connectivity index (χ2v) is 6.38. The number of alkyl halides is 3. The molecule has 0 spiro atoms. The second-order valence-electron chi connectivity index (χ2n) is 5.55. The molecule has 0 radical (unpaired) electrons. The topological polar surface area (TPSA) is 32.3 Å². The summed E-state index contributed by atoms with van der Waals surface area (Å²) in [4.78, 5) is 4.53. The van der Waals surface area contributed by atoms with Crippen molar-refractivity contribution in [3.63, 3.8) is 0 Å². The third kappa shape index (κ3) is 5.40. The Morgan fingerprint density at radius 1 is 1.30 bits per heavy atom. The smallest absolute Gasteiger partial charge is 0.304 e. The van der Waals surface area contributed by atoms with Crippen LogP contribution in [0.5, 0.6) is 0 Å². The van der Waals surface area contributed by atoms with Crippen molar-refractivity contribution in [2.45, 2.75) is 19.5 Å². The summed E-state index contributed by atoms with van der Waals surface area (Å²) < 4.78 is 39.0. The molecule has 23 heavy (non-hydrogen) atoms. The van der Waals surface area contributed by atoms with Crippen molar-refractivity contribution in [1.82, 2.24) is 20.0 Å². The van der Waals surface area contributed by atoms with E-state index in [1.54, 1.807) is 5.51 Å². The lowest BCUT2D eigenvalue weighted by Gasteiger charge is -2.32. The molecule has 0 atom stereocenters. The van der Waals surface area contributed by atoms with E-state index < -0.39 is 11.7 Å². The van der Waals surface area contributed by atoms with Crippen molar-refractivity contribution in [1.29, 1.82) is 0 Å². The fourth-order valence-corrected chi connectivity index (χ4v) is 3.02. The van der Waals surface area contributed by atoms with E-state index >= 15 is 0 Å². The Bertz CT molecular complexity index is 544. The van der Waals surface area contributed by atoms with E-state index in [2.05, 4.69) is 27.0 Å². The number of allylic oxidation sites excluding steroid dienone is 3. The van der Waals surface area contributed by atoms with Crippen LogP contribution in [0.4, 0.5) is 13.2 Å². The minimum absolute atomic E-state index is 0.534. The van der Waals surface area contributed by atoms with Crippen LogP contribution in [-0.4, -0.2) is 65.9 Å². The van der Waals surface area contributed by atoms with Crippen molar-refractivity contribution in [2.75, 3.05) is 39.8 Å². The van der Waals surface area contributed by atoms with Gasteiger partial charge in [0.15, 0.2) is 0 Å². The normalized spacial score (nSPS) is 19.3. The summed E-state index contributed by atoms with van der Waals surface area (Å²) in [6, 6.07) is 0. The quantitative estimate of drug-likeness (QED) is 0.767. The van der Waals surface area contributed by atoms with E-state index in [0.29, 0.717) is 17.0 Å². The first-order chi connectivity index (χ1) is 10.9. The fraction of sp³-hybridized carbons (Fsp3) is 0.600. The van der Waals surface area contributed by atoms with Crippen LogP contribution in [-0.2, 0) is 0 Å². The van der Waals surface area contributed by atoms with E-state index in [0.717, 1.165) is 38.8 Å². The number of hydrogen-bond donors (Lipinski definition) is 0. The van der Waals surface area contributed by atoms with Crippen LogP contribution in [0.1, 0.15) is 18.4 Å². The standard InChI is InChI=1S/C15H21F3N4S/c1-3-13(15(16,17)18)10-12(14-20-19-11-23-14)4-5-22-8-6-21(2)7-9-22/h3,10-11H,4-9H2,1-2H3/b12-10+,13-3+. The Labute approximate surface area is 138 Å². The van der Waals surface area contributed by atoms with Gasteiger partial charge in [0.2, 0.25) is 0 Å². The maximum Gasteiger partial charge on any atom is 0.416 e. The predicted molar refractivity (Wildman–Crippen MR) is 86.3 cm³/mol. The van der Waals surface area contributed by atoms with Crippen LogP contribution in [0.2, 0.25) is 0 Å². The molecule has 1 aromatic rings. The molecule has 1 saturated heterocycles. The molecule has 0 aromatic carbocycles. The zero-order valence-corrected chi connectivity index (χ0v) is 14.1. The molecule has 1 fully saturated rings. The monoisotopic (exact) mass is 346 g/mol. The zero-order valence-electron chi connectivity index (χ0n) is 13.3. The maximum atomic E-state index is 13.0. The lowest BCUT2D eigenvalue weighted by Crippen LogP contribution is -2.44. The van der Waals surface area contributed by atoms with Crippen molar-refractivity contribution >= 4 is 16.9 Å². The van der Waals surface area contributed by atoms with Gasteiger partial charge in [-0.05, 0) is 32.0 Å². The number of piperazine rings is 1. The molecule has 0 amide bonds. The third-order valence-electron chi connectivity index (χ3n) is 3.90. The molecule has 0 bridgehead atoms. The second kappa shape index (κ2) is 8.03. The summed E-state index contributed by atoms with van der Waals surface area (Å²) >= 11 is 1.27. The number of likely N-dealkylation sites (N-methyl/N-ethyl adjacent to an activating group) is 1. The van der Waals surface area contributed by atoms with Crippen LogP contribution >= 0.6 is 11.3 Å². The summed E-state index contributed by atoms with van der Waals surface area (Å²) in [5.74, 6) is 0. The number of rotatable bonds is 5. The molecule has 2 heterocycles. The lowest BCUT2D eigenvalue weighted by molar-refractivity contribution is -0.0882. The highest BCUT2D eigenvalue weighted by atomic mass is 32.1. The molecular formula is C15H21F3N4S. The maximum absolute atomic E-state index is 13.0. The molecule has 1 aliphatic heterocycles. The summed E-state index contributed by atoms with van der Waals surface area (Å²) in [5, 5.41) is 8.25. The molecule has 128 valence electrons. The van der Waals surface area contributed by atoms with Crippen LogP contribution in [0.3, 0.4) is 0 Å². The first-order valence-corrected chi connectivity index (χ1v) is 8.39. The number of hydrogen-bond acceptors (Lipinski definition) is 5. The van der Waals surface area contributed by atoms with E-state index in [1.165, 1.54) is 24.3 Å². The number of halogens is 3. The first-order valence-electron chi connectivity index (χ1n) is 7.51. The average Bonchev–Trinajstić information content (AvgIpc) is 3.02. The lowest BCUT2D eigenvalue weighted by atomic mass is 10.1. The Hall–Kier alpha value is -1.25. The van der Waals surface area contributed by atoms with Gasteiger partial charge in [-0.25, -0.2) is 0 Å². The van der Waals surface area contributed by atoms with Gasteiger partial charge >= 0.3 is 6.18 Å². The number of aromatic nitrogens is 2. The summed E-state index contributed by atoms with van der Waals surface area (Å²) in [7, 11) is 2.07. The Balaban J connectivity index is 2.09. The highest BCUT2D eigenvalue weighted by Gasteiger charge is 2.32. The minimum atomic E-state index is -4.35. The molecule has 1 aliphatic rings. The predicted octanol–water partition coefficient (Wildman–Crippen LogP) is 3.07. The molecule has 0 unspecified atom stereocenters. The average molecular weight is 346 g/mol. The van der Waals surface area contributed by atoms with Gasteiger partial charge in [-0.1, -0.05) is 6.08 Å². The van der Waals surface area contributed by atoms with E-state index in [1.807, 2.05) is 0 Å². The van der Waals surface area contributed by atoms with Gasteiger partial charge in [0.1, 0.15) is 10.5 Å². The van der Waals surface area contributed by atoms with Crippen LogP contribution < -0.4 is 0 Å². The summed E-state index contributed by atoms with van der Waals surface area (Å²) in [6.45, 7) is 5.98. The van der Waals surface area contributed by atoms with Crippen molar-refractivity contribution in [3.05, 3.63) is 28.2 Å². The minimum Gasteiger partial charge on any atom is -0.304 e. The van der Waals surface area contributed by atoms with Crippen molar-refractivity contribution in [3.8, 4) is 0 Å². The largest absolute Gasteiger partial charge is 0.416 e. The molecular weight excluding hydrogens is 325 g/mol. The Morgan fingerprint density at radius 3 is 2.52 bits per heavy atom. The third-order valence-corrected chi connectivity index (χ3v) is 4.66. The van der Waals surface area contributed by atoms with Crippen LogP contribution in [0.25, 0.3) is 5.57 Å². The highest BCUT2D eigenvalue weighted by Crippen LogP contribution is 2.31. The molecule has 0 aliphatic carbocycles. The molecule has 4 nitrogen and oxygen atoms in total. The highest BCUT2D eigenvalue weighted by molar-refractivity contribution is 7.10. The van der Waals surface area contributed by atoms with E-state index in [4.69, 9.17) is 0 Å². The van der Waals surface area contributed by atoms with E-state index in [9.17, 15) is 13.2 Å². The summed E-state index contributed by atoms with van der Waals surface area (Å²) in [6.07, 6.45) is -1.52. The van der Waals surface area contributed by atoms with Gasteiger partial charge in [0.25, 0.3) is 0 Å². The van der Waals surface area contributed by atoms with Gasteiger partial charge in [-0.2, -0.15) is 13.2 Å². The van der Waals surface area contributed by atoms with Gasteiger partial charge in [-0.3, -0.25) is 0 Å². The molecule has 0 saturated carbocycles. The van der Waals surface area contributed by atoms with Gasteiger partial charge in [0, 0.05) is 32.7 Å². The van der Waals surface area contributed by atoms with Crippen LogP contribution in [0.15, 0.2) is 23.2 Å². The fourth-order valence-electron chi connectivity index (χ4n) is 2.42. The van der Waals surface area contributed by atoms with E-state index in [-0.39, 0.29) is 0 Å². The number of nitrogens with zero attached hydrogens (tertiary/aromatic N) is 4. The zero-order chi connectivity index (χ0) is 16.9.